The van der Waals surface area contributed by atoms with Crippen molar-refractivity contribution in [2.75, 3.05) is 0 Å². The van der Waals surface area contributed by atoms with E-state index >= 15 is 0 Å². The predicted molar refractivity (Wildman–Crippen MR) is 98.1 cm³/mol. The molecule has 3 aromatic rings. The van der Waals surface area contributed by atoms with Crippen LogP contribution in [0.2, 0.25) is 0 Å². The number of oxazole rings is 1. The predicted octanol–water partition coefficient (Wildman–Crippen LogP) is 3.68. The highest BCUT2D eigenvalue weighted by molar-refractivity contribution is 7.09. The number of aliphatic hydroxyl groups excluding tert-OH is 1. The molecule has 0 radical (unpaired) electrons. The molecule has 3 atom stereocenters. The molecule has 132 valence electrons. The normalized spacial score (nSPS) is 15.1. The molecule has 2 heterocycles. The summed E-state index contributed by atoms with van der Waals surface area (Å²) in [5.41, 5.74) is 7.00. The van der Waals surface area contributed by atoms with Crippen LogP contribution in [0.3, 0.4) is 0 Å². The molecule has 0 bridgehead atoms. The molecule has 0 aliphatic rings. The highest BCUT2D eigenvalue weighted by atomic mass is 32.1. The van der Waals surface area contributed by atoms with Crippen LogP contribution in [0.5, 0.6) is 0 Å². The van der Waals surface area contributed by atoms with Crippen molar-refractivity contribution in [2.45, 2.75) is 32.3 Å². The monoisotopic (exact) mass is 358 g/mol. The van der Waals surface area contributed by atoms with Gasteiger partial charge in [-0.25, -0.2) is 4.98 Å². The molecule has 25 heavy (non-hydrogen) atoms. The first kappa shape index (κ1) is 17.6. The van der Waals surface area contributed by atoms with Gasteiger partial charge in [-0.15, -0.1) is 11.3 Å². The zero-order valence-corrected chi connectivity index (χ0v) is 14.9. The van der Waals surface area contributed by atoms with Crippen molar-refractivity contribution in [1.29, 1.82) is 0 Å². The number of rotatable bonds is 8. The number of benzene rings is 1. The molecule has 0 saturated heterocycles. The third-order valence-electron chi connectivity index (χ3n) is 4.47. The van der Waals surface area contributed by atoms with Gasteiger partial charge < -0.3 is 15.3 Å². The van der Waals surface area contributed by atoms with Gasteiger partial charge >= 0.3 is 0 Å². The van der Waals surface area contributed by atoms with Gasteiger partial charge in [-0.3, -0.25) is 4.79 Å². The van der Waals surface area contributed by atoms with E-state index in [0.717, 1.165) is 11.3 Å². The average molecular weight is 358 g/mol. The van der Waals surface area contributed by atoms with Crippen molar-refractivity contribution in [1.82, 2.24) is 4.98 Å². The number of primary amides is 1. The van der Waals surface area contributed by atoms with Gasteiger partial charge in [-0.2, -0.15) is 0 Å². The number of para-hydroxylation sites is 2. The lowest BCUT2D eigenvalue weighted by Gasteiger charge is -2.27. The first-order chi connectivity index (χ1) is 12.1. The van der Waals surface area contributed by atoms with Crippen molar-refractivity contribution < 1.29 is 14.3 Å². The Hall–Kier alpha value is -2.18. The fourth-order valence-electron chi connectivity index (χ4n) is 3.22. The number of carbonyl (C=O) groups is 1. The molecule has 2 aromatic heterocycles. The standard InChI is InChI=1S/C19H22N2O3S/c1-2-6-13(14(18(20)23)11-12-7-5-10-25-12)17(22)19-21-15-8-3-4-9-16(15)24-19/h3-5,7-10,13-14,17,22H,2,6,11H2,1H3,(H2,20,23)/t13-,14?,17?/m0/s1. The van der Waals surface area contributed by atoms with Crippen molar-refractivity contribution in [3.05, 3.63) is 52.5 Å². The minimum absolute atomic E-state index is 0.247. The minimum Gasteiger partial charge on any atom is -0.438 e. The fraction of sp³-hybridized carbons (Fsp3) is 0.368. The molecule has 0 spiro atoms. The van der Waals surface area contributed by atoms with Gasteiger partial charge in [-0.1, -0.05) is 31.5 Å². The Balaban J connectivity index is 1.90. The topological polar surface area (TPSA) is 89.4 Å². The van der Waals surface area contributed by atoms with E-state index in [1.165, 1.54) is 0 Å². The number of nitrogens with zero attached hydrogens (tertiary/aromatic N) is 1. The Morgan fingerprint density at radius 1 is 1.32 bits per heavy atom. The number of aromatic nitrogens is 1. The lowest BCUT2D eigenvalue weighted by atomic mass is 9.81. The zero-order valence-electron chi connectivity index (χ0n) is 14.1. The van der Waals surface area contributed by atoms with Crippen LogP contribution >= 0.6 is 11.3 Å². The van der Waals surface area contributed by atoms with Gasteiger partial charge in [0.25, 0.3) is 0 Å². The SMILES string of the molecule is CCC[C@@H](C(Cc1cccs1)C(N)=O)C(O)c1nc2ccccc2o1. The molecule has 3 rings (SSSR count). The summed E-state index contributed by atoms with van der Waals surface area (Å²) in [4.78, 5) is 17.6. The minimum atomic E-state index is -0.968. The lowest BCUT2D eigenvalue weighted by molar-refractivity contribution is -0.125. The number of thiophene rings is 1. The number of aliphatic hydroxyl groups is 1. The Morgan fingerprint density at radius 3 is 2.76 bits per heavy atom. The molecular weight excluding hydrogens is 336 g/mol. The Bertz CT molecular complexity index is 795. The molecule has 1 amide bonds. The van der Waals surface area contributed by atoms with Crippen LogP contribution in [-0.4, -0.2) is 16.0 Å². The van der Waals surface area contributed by atoms with E-state index in [4.69, 9.17) is 10.2 Å². The van der Waals surface area contributed by atoms with Crippen LogP contribution in [0.25, 0.3) is 11.1 Å². The van der Waals surface area contributed by atoms with Crippen molar-refractivity contribution in [3.8, 4) is 0 Å². The number of hydrogen-bond acceptors (Lipinski definition) is 5. The summed E-state index contributed by atoms with van der Waals surface area (Å²) in [6, 6.07) is 11.3. The summed E-state index contributed by atoms with van der Waals surface area (Å²) in [5.74, 6) is -0.958. The van der Waals surface area contributed by atoms with Crippen molar-refractivity contribution >= 4 is 28.3 Å². The number of fused-ring (bicyclic) bond motifs is 1. The molecule has 0 fully saturated rings. The van der Waals surface area contributed by atoms with E-state index in [1.807, 2.05) is 48.7 Å². The Kier molecular flexibility index (Phi) is 5.50. The molecule has 6 heteroatoms. The molecule has 5 nitrogen and oxygen atoms in total. The highest BCUT2D eigenvalue weighted by Crippen LogP contribution is 2.35. The summed E-state index contributed by atoms with van der Waals surface area (Å²) in [6.07, 6.45) is 1.05. The Morgan fingerprint density at radius 2 is 2.12 bits per heavy atom. The van der Waals surface area contributed by atoms with E-state index in [-0.39, 0.29) is 11.8 Å². The summed E-state index contributed by atoms with van der Waals surface area (Å²) in [6.45, 7) is 2.02. The third kappa shape index (κ3) is 3.91. The number of amides is 1. The second-order valence-electron chi connectivity index (χ2n) is 6.21. The summed E-state index contributed by atoms with van der Waals surface area (Å²) < 4.78 is 5.71. The van der Waals surface area contributed by atoms with Crippen LogP contribution in [0.4, 0.5) is 0 Å². The smallest absolute Gasteiger partial charge is 0.224 e. The Labute approximate surface area is 150 Å². The van der Waals surface area contributed by atoms with Crippen LogP contribution in [0.1, 0.15) is 36.6 Å². The lowest BCUT2D eigenvalue weighted by Crippen LogP contribution is -2.35. The molecular formula is C19H22N2O3S. The van der Waals surface area contributed by atoms with Crippen LogP contribution in [0.15, 0.2) is 46.2 Å². The van der Waals surface area contributed by atoms with Gasteiger partial charge in [0.15, 0.2) is 5.58 Å². The maximum Gasteiger partial charge on any atom is 0.224 e. The largest absolute Gasteiger partial charge is 0.438 e. The first-order valence-electron chi connectivity index (χ1n) is 8.45. The van der Waals surface area contributed by atoms with Crippen LogP contribution in [-0.2, 0) is 11.2 Å². The van der Waals surface area contributed by atoms with Gasteiger partial charge in [-0.05, 0) is 36.4 Å². The summed E-state index contributed by atoms with van der Waals surface area (Å²) in [5, 5.41) is 12.9. The second-order valence-corrected chi connectivity index (χ2v) is 7.24. The van der Waals surface area contributed by atoms with E-state index in [2.05, 4.69) is 4.98 Å². The molecule has 0 aliphatic carbocycles. The van der Waals surface area contributed by atoms with E-state index in [9.17, 15) is 9.90 Å². The molecule has 1 aromatic carbocycles. The molecule has 0 aliphatic heterocycles. The molecule has 3 N–H and O–H groups in total. The van der Waals surface area contributed by atoms with E-state index in [0.29, 0.717) is 23.9 Å². The first-order valence-corrected chi connectivity index (χ1v) is 9.33. The maximum atomic E-state index is 12.1. The number of hydrogen-bond donors (Lipinski definition) is 2. The van der Waals surface area contributed by atoms with Crippen LogP contribution in [0, 0.1) is 11.8 Å². The zero-order chi connectivity index (χ0) is 17.8. The summed E-state index contributed by atoms with van der Waals surface area (Å²) in [7, 11) is 0. The third-order valence-corrected chi connectivity index (χ3v) is 5.37. The fourth-order valence-corrected chi connectivity index (χ4v) is 3.99. The maximum absolute atomic E-state index is 12.1. The molecule has 2 unspecified atom stereocenters. The average Bonchev–Trinajstić information content (AvgIpc) is 3.26. The van der Waals surface area contributed by atoms with Gasteiger partial charge in [0.05, 0.1) is 0 Å². The van der Waals surface area contributed by atoms with Gasteiger partial charge in [0.2, 0.25) is 11.8 Å². The van der Waals surface area contributed by atoms with Crippen molar-refractivity contribution in [2.24, 2.45) is 17.6 Å². The van der Waals surface area contributed by atoms with Gasteiger partial charge in [0.1, 0.15) is 11.6 Å². The second kappa shape index (κ2) is 7.80. The van der Waals surface area contributed by atoms with E-state index in [1.54, 1.807) is 11.3 Å². The van der Waals surface area contributed by atoms with Crippen LogP contribution < -0.4 is 5.73 Å². The van der Waals surface area contributed by atoms with Crippen molar-refractivity contribution in [3.63, 3.8) is 0 Å². The molecule has 0 saturated carbocycles. The number of carbonyl (C=O) groups excluding carboxylic acids is 1. The quantitative estimate of drug-likeness (QED) is 0.643. The van der Waals surface area contributed by atoms with E-state index < -0.39 is 17.9 Å². The summed E-state index contributed by atoms with van der Waals surface area (Å²) >= 11 is 1.59. The highest BCUT2D eigenvalue weighted by Gasteiger charge is 2.35. The number of nitrogens with two attached hydrogens (primary N) is 1. The van der Waals surface area contributed by atoms with Gasteiger partial charge in [0, 0.05) is 16.7 Å².